The van der Waals surface area contributed by atoms with E-state index < -0.39 is 0 Å². The minimum Gasteiger partial charge on any atom is -0.380 e. The van der Waals surface area contributed by atoms with Crippen LogP contribution < -0.4 is 10.2 Å². The van der Waals surface area contributed by atoms with E-state index in [4.69, 9.17) is 4.74 Å². The fraction of sp³-hybridized carbons (Fsp3) is 0.571. The molecule has 2 aliphatic rings. The van der Waals surface area contributed by atoms with Gasteiger partial charge in [0.15, 0.2) is 0 Å². The van der Waals surface area contributed by atoms with E-state index in [-0.39, 0.29) is 0 Å². The van der Waals surface area contributed by atoms with Crippen LogP contribution >= 0.6 is 0 Å². The number of benzene rings is 1. The molecule has 0 spiro atoms. The summed E-state index contributed by atoms with van der Waals surface area (Å²) in [4.78, 5) is 2.50. The molecule has 0 aromatic heterocycles. The Morgan fingerprint density at radius 3 is 3.18 bits per heavy atom. The van der Waals surface area contributed by atoms with Gasteiger partial charge in [0.25, 0.3) is 0 Å². The van der Waals surface area contributed by atoms with Gasteiger partial charge in [-0.25, -0.2) is 0 Å². The monoisotopic (exact) mass is 232 g/mol. The molecular weight excluding hydrogens is 212 g/mol. The van der Waals surface area contributed by atoms with Gasteiger partial charge in [0, 0.05) is 31.9 Å². The van der Waals surface area contributed by atoms with Crippen molar-refractivity contribution >= 4 is 5.69 Å². The zero-order valence-electron chi connectivity index (χ0n) is 10.2. The molecule has 2 heterocycles. The zero-order valence-corrected chi connectivity index (χ0v) is 10.2. The Kier molecular flexibility index (Phi) is 3.29. The second-order valence-electron chi connectivity index (χ2n) is 4.79. The number of hydrogen-bond donors (Lipinski definition) is 1. The second-order valence-corrected chi connectivity index (χ2v) is 4.79. The lowest BCUT2D eigenvalue weighted by Gasteiger charge is -2.28. The van der Waals surface area contributed by atoms with E-state index in [2.05, 4.69) is 28.4 Å². The van der Waals surface area contributed by atoms with E-state index in [1.165, 1.54) is 11.3 Å². The molecule has 0 unspecified atom stereocenters. The van der Waals surface area contributed by atoms with Crippen molar-refractivity contribution in [2.24, 2.45) is 0 Å². The number of hydrogen-bond acceptors (Lipinski definition) is 3. The molecule has 0 saturated carbocycles. The highest BCUT2D eigenvalue weighted by Gasteiger charge is 2.17. The van der Waals surface area contributed by atoms with E-state index in [1.807, 2.05) is 0 Å². The standard InChI is InChI=1S/C14H20N2O/c1-3-12-11-15-6-5-13(12)14(4-1)16-7-2-9-17-10-8-16/h1,3-4,15H,2,5-11H2. The van der Waals surface area contributed by atoms with Gasteiger partial charge in [0.2, 0.25) is 0 Å². The van der Waals surface area contributed by atoms with E-state index >= 15 is 0 Å². The molecule has 3 heteroatoms. The van der Waals surface area contributed by atoms with E-state index in [1.54, 1.807) is 5.56 Å². The molecule has 17 heavy (non-hydrogen) atoms. The molecule has 1 aromatic rings. The third-order valence-corrected chi connectivity index (χ3v) is 3.68. The summed E-state index contributed by atoms with van der Waals surface area (Å²) in [6, 6.07) is 6.71. The average molecular weight is 232 g/mol. The summed E-state index contributed by atoms with van der Waals surface area (Å²) >= 11 is 0. The van der Waals surface area contributed by atoms with Crippen LogP contribution in [0.25, 0.3) is 0 Å². The lowest BCUT2D eigenvalue weighted by atomic mass is 9.98. The van der Waals surface area contributed by atoms with E-state index in [0.29, 0.717) is 0 Å². The maximum absolute atomic E-state index is 5.54. The molecule has 1 saturated heterocycles. The van der Waals surface area contributed by atoms with Crippen LogP contribution in [0, 0.1) is 0 Å². The summed E-state index contributed by atoms with van der Waals surface area (Å²) in [5, 5.41) is 3.44. The molecule has 0 bridgehead atoms. The third kappa shape index (κ3) is 2.31. The van der Waals surface area contributed by atoms with Gasteiger partial charge in [-0.3, -0.25) is 0 Å². The first-order valence-corrected chi connectivity index (χ1v) is 6.59. The summed E-state index contributed by atoms with van der Waals surface area (Å²) in [6.45, 7) is 6.06. The highest BCUT2D eigenvalue weighted by atomic mass is 16.5. The number of nitrogens with one attached hydrogen (secondary N) is 1. The summed E-state index contributed by atoms with van der Waals surface area (Å²) < 4.78 is 5.54. The quantitative estimate of drug-likeness (QED) is 0.795. The van der Waals surface area contributed by atoms with Gasteiger partial charge >= 0.3 is 0 Å². The first-order chi connectivity index (χ1) is 8.45. The van der Waals surface area contributed by atoms with Crippen LogP contribution in [0.2, 0.25) is 0 Å². The largest absolute Gasteiger partial charge is 0.380 e. The summed E-state index contributed by atoms with van der Waals surface area (Å²) in [7, 11) is 0. The van der Waals surface area contributed by atoms with E-state index in [9.17, 15) is 0 Å². The van der Waals surface area contributed by atoms with Crippen LogP contribution in [0.4, 0.5) is 5.69 Å². The van der Waals surface area contributed by atoms with Gasteiger partial charge < -0.3 is 15.0 Å². The fourth-order valence-electron chi connectivity index (χ4n) is 2.80. The minimum atomic E-state index is 0.863. The van der Waals surface area contributed by atoms with Crippen LogP contribution in [0.15, 0.2) is 18.2 Å². The first-order valence-electron chi connectivity index (χ1n) is 6.59. The molecule has 0 amide bonds. The smallest absolute Gasteiger partial charge is 0.0641 e. The fourth-order valence-corrected chi connectivity index (χ4v) is 2.80. The van der Waals surface area contributed by atoms with Crippen LogP contribution in [-0.2, 0) is 17.7 Å². The number of anilines is 1. The van der Waals surface area contributed by atoms with Crippen molar-refractivity contribution in [3.63, 3.8) is 0 Å². The number of fused-ring (bicyclic) bond motifs is 1. The number of rotatable bonds is 1. The Morgan fingerprint density at radius 2 is 2.18 bits per heavy atom. The molecule has 92 valence electrons. The maximum Gasteiger partial charge on any atom is 0.0641 e. The Bertz CT molecular complexity index is 384. The maximum atomic E-state index is 5.54. The van der Waals surface area contributed by atoms with Crippen LogP contribution in [0.3, 0.4) is 0 Å². The molecule has 3 rings (SSSR count). The van der Waals surface area contributed by atoms with Crippen molar-refractivity contribution in [1.29, 1.82) is 0 Å². The predicted molar refractivity (Wildman–Crippen MR) is 69.5 cm³/mol. The summed E-state index contributed by atoms with van der Waals surface area (Å²) in [6.07, 6.45) is 2.30. The molecule has 0 atom stereocenters. The van der Waals surface area contributed by atoms with Crippen LogP contribution in [-0.4, -0.2) is 32.8 Å². The molecule has 1 aromatic carbocycles. The first kappa shape index (κ1) is 11.1. The molecule has 1 N–H and O–H groups in total. The van der Waals surface area contributed by atoms with Crippen molar-refractivity contribution in [2.45, 2.75) is 19.4 Å². The zero-order chi connectivity index (χ0) is 11.5. The Morgan fingerprint density at radius 1 is 1.18 bits per heavy atom. The Hall–Kier alpha value is -1.06. The van der Waals surface area contributed by atoms with Crippen LogP contribution in [0.1, 0.15) is 17.5 Å². The average Bonchev–Trinajstić information content (AvgIpc) is 2.67. The minimum absolute atomic E-state index is 0.863. The Balaban J connectivity index is 1.90. The highest BCUT2D eigenvalue weighted by Crippen LogP contribution is 2.27. The lowest BCUT2D eigenvalue weighted by molar-refractivity contribution is 0.152. The molecule has 0 aliphatic carbocycles. The van der Waals surface area contributed by atoms with Gasteiger partial charge in [-0.15, -0.1) is 0 Å². The van der Waals surface area contributed by atoms with Crippen molar-refractivity contribution in [3.8, 4) is 0 Å². The van der Waals surface area contributed by atoms with Crippen molar-refractivity contribution in [2.75, 3.05) is 37.7 Å². The van der Waals surface area contributed by atoms with Gasteiger partial charge in [-0.2, -0.15) is 0 Å². The predicted octanol–water partition coefficient (Wildman–Crippen LogP) is 1.56. The summed E-state index contributed by atoms with van der Waals surface area (Å²) in [5.41, 5.74) is 4.46. The normalized spacial score (nSPS) is 20.8. The molecule has 2 aliphatic heterocycles. The topological polar surface area (TPSA) is 24.5 Å². The van der Waals surface area contributed by atoms with Crippen molar-refractivity contribution < 1.29 is 4.74 Å². The molecule has 0 radical (unpaired) electrons. The lowest BCUT2D eigenvalue weighted by Crippen LogP contribution is -2.30. The SMILES string of the molecule is c1cc2c(c(N3CCCOCC3)c1)CCNC2. The van der Waals surface area contributed by atoms with E-state index in [0.717, 1.165) is 52.2 Å². The second kappa shape index (κ2) is 5.07. The van der Waals surface area contributed by atoms with Crippen LogP contribution in [0.5, 0.6) is 0 Å². The van der Waals surface area contributed by atoms with Gasteiger partial charge in [-0.05, 0) is 36.6 Å². The van der Waals surface area contributed by atoms with Crippen molar-refractivity contribution in [1.82, 2.24) is 5.32 Å². The molecule has 3 nitrogen and oxygen atoms in total. The van der Waals surface area contributed by atoms with Gasteiger partial charge in [0.1, 0.15) is 0 Å². The van der Waals surface area contributed by atoms with Gasteiger partial charge in [0.05, 0.1) is 6.61 Å². The highest BCUT2D eigenvalue weighted by molar-refractivity contribution is 5.57. The van der Waals surface area contributed by atoms with Gasteiger partial charge in [-0.1, -0.05) is 12.1 Å². The molecular formula is C14H20N2O. The Labute approximate surface area is 103 Å². The number of ether oxygens (including phenoxy) is 1. The number of nitrogens with zero attached hydrogens (tertiary/aromatic N) is 1. The summed E-state index contributed by atoms with van der Waals surface area (Å²) in [5.74, 6) is 0. The van der Waals surface area contributed by atoms with Crippen molar-refractivity contribution in [3.05, 3.63) is 29.3 Å². The molecule has 1 fully saturated rings. The third-order valence-electron chi connectivity index (χ3n) is 3.68.